The molecule has 0 saturated carbocycles. The smallest absolute Gasteiger partial charge is 0.320 e. The van der Waals surface area contributed by atoms with E-state index in [1.54, 1.807) is 43.5 Å². The number of rotatable bonds is 9. The van der Waals surface area contributed by atoms with E-state index < -0.39 is 18.1 Å². The Morgan fingerprint density at radius 2 is 1.73 bits per heavy atom. The molecule has 6 heteroatoms. The molecule has 2 rings (SSSR count). The van der Waals surface area contributed by atoms with Gasteiger partial charge in [0.2, 0.25) is 5.91 Å². The van der Waals surface area contributed by atoms with E-state index in [-0.39, 0.29) is 5.91 Å². The topological polar surface area (TPSA) is 87.7 Å². The van der Waals surface area contributed by atoms with Gasteiger partial charge in [0, 0.05) is 5.69 Å². The maximum absolute atomic E-state index is 12.8. The van der Waals surface area contributed by atoms with Crippen LogP contribution >= 0.6 is 0 Å². The van der Waals surface area contributed by atoms with E-state index in [2.05, 4.69) is 10.6 Å². The molecule has 2 aromatic carbocycles. The summed E-state index contributed by atoms with van der Waals surface area (Å²) < 4.78 is 5.11. The van der Waals surface area contributed by atoms with Gasteiger partial charge in [-0.05, 0) is 36.2 Å². The Morgan fingerprint density at radius 3 is 2.27 bits per heavy atom. The Morgan fingerprint density at radius 1 is 1.08 bits per heavy atom. The first-order valence-corrected chi connectivity index (χ1v) is 8.54. The number of benzene rings is 2. The van der Waals surface area contributed by atoms with Crippen LogP contribution in [0.25, 0.3) is 0 Å². The normalized spacial score (nSPS) is 12.8. The highest BCUT2D eigenvalue weighted by atomic mass is 16.5. The van der Waals surface area contributed by atoms with Gasteiger partial charge in [-0.15, -0.1) is 0 Å². The molecule has 0 aliphatic rings. The molecule has 138 valence electrons. The minimum absolute atomic E-state index is 0.316. The fraction of sp³-hybridized carbons (Fsp3) is 0.300. The number of hydrogen-bond donors (Lipinski definition) is 3. The molecule has 1 amide bonds. The Balaban J connectivity index is 2.21. The van der Waals surface area contributed by atoms with E-state index in [0.717, 1.165) is 0 Å². The number of anilines is 1. The molecule has 2 unspecified atom stereocenters. The third-order valence-electron chi connectivity index (χ3n) is 4.00. The fourth-order valence-electron chi connectivity index (χ4n) is 2.63. The second-order valence-electron chi connectivity index (χ2n) is 5.91. The zero-order valence-electron chi connectivity index (χ0n) is 14.9. The number of aliphatic carboxylic acids is 1. The summed E-state index contributed by atoms with van der Waals surface area (Å²) >= 11 is 0. The third kappa shape index (κ3) is 5.32. The number of amides is 1. The molecule has 6 nitrogen and oxygen atoms in total. The number of carboxylic acid groups (broad SMARTS) is 1. The molecular formula is C20H24N2O4. The van der Waals surface area contributed by atoms with Crippen molar-refractivity contribution >= 4 is 17.6 Å². The van der Waals surface area contributed by atoms with Gasteiger partial charge in [-0.3, -0.25) is 14.9 Å². The molecule has 0 radical (unpaired) electrons. The minimum atomic E-state index is -0.968. The van der Waals surface area contributed by atoms with Crippen LogP contribution in [-0.2, 0) is 9.59 Å². The lowest BCUT2D eigenvalue weighted by Crippen LogP contribution is -2.43. The molecule has 0 heterocycles. The molecule has 0 fully saturated rings. The lowest BCUT2D eigenvalue weighted by atomic mass is 10.0. The van der Waals surface area contributed by atoms with E-state index in [0.29, 0.717) is 29.8 Å². The summed E-state index contributed by atoms with van der Waals surface area (Å²) in [5.74, 6) is -0.594. The monoisotopic (exact) mass is 356 g/mol. The molecule has 26 heavy (non-hydrogen) atoms. The van der Waals surface area contributed by atoms with Gasteiger partial charge in [0.15, 0.2) is 0 Å². The molecule has 0 bridgehead atoms. The number of carboxylic acids is 1. The zero-order chi connectivity index (χ0) is 18.9. The second kappa shape index (κ2) is 9.58. The molecule has 3 N–H and O–H groups in total. The molecule has 0 saturated heterocycles. The average Bonchev–Trinajstić information content (AvgIpc) is 2.66. The number of nitrogens with one attached hydrogen (secondary N) is 2. The predicted octanol–water partition coefficient (Wildman–Crippen LogP) is 3.22. The van der Waals surface area contributed by atoms with Gasteiger partial charge in [0.05, 0.1) is 7.11 Å². The summed E-state index contributed by atoms with van der Waals surface area (Å²) in [5.41, 5.74) is 1.32. The standard InChI is InChI=1S/C20H24N2O4/c1-3-7-17(20(24)25)22-18(14-8-5-4-6-9-14)19(23)21-15-10-12-16(26-2)13-11-15/h4-6,8-13,17-18,22H,3,7H2,1-2H3,(H,21,23)(H,24,25). The largest absolute Gasteiger partial charge is 0.497 e. The lowest BCUT2D eigenvalue weighted by molar-refractivity contribution is -0.140. The summed E-state index contributed by atoms with van der Waals surface area (Å²) in [4.78, 5) is 24.3. The van der Waals surface area contributed by atoms with Crippen molar-refractivity contribution in [3.63, 3.8) is 0 Å². The molecule has 2 atom stereocenters. The second-order valence-corrected chi connectivity index (χ2v) is 5.91. The van der Waals surface area contributed by atoms with Gasteiger partial charge in [-0.1, -0.05) is 43.7 Å². The summed E-state index contributed by atoms with van der Waals surface area (Å²) in [6.07, 6.45) is 1.14. The van der Waals surface area contributed by atoms with Crippen LogP contribution < -0.4 is 15.4 Å². The first-order chi connectivity index (χ1) is 12.5. The van der Waals surface area contributed by atoms with Crippen LogP contribution in [0.1, 0.15) is 31.4 Å². The summed E-state index contributed by atoms with van der Waals surface area (Å²) in [6, 6.07) is 14.5. The molecule has 0 aliphatic carbocycles. The van der Waals surface area contributed by atoms with Crippen molar-refractivity contribution < 1.29 is 19.4 Å². The molecule has 0 spiro atoms. The van der Waals surface area contributed by atoms with Crippen molar-refractivity contribution in [2.45, 2.75) is 31.8 Å². The van der Waals surface area contributed by atoms with Crippen molar-refractivity contribution in [3.8, 4) is 5.75 Å². The SMILES string of the molecule is CCCC(NC(C(=O)Nc1ccc(OC)cc1)c1ccccc1)C(=O)O. The van der Waals surface area contributed by atoms with Gasteiger partial charge in [0.25, 0.3) is 0 Å². The highest BCUT2D eigenvalue weighted by Crippen LogP contribution is 2.20. The van der Waals surface area contributed by atoms with Crippen LogP contribution in [0.2, 0.25) is 0 Å². The Labute approximate surface area is 153 Å². The Bertz CT molecular complexity index is 716. The van der Waals surface area contributed by atoms with Crippen LogP contribution in [0.4, 0.5) is 5.69 Å². The lowest BCUT2D eigenvalue weighted by Gasteiger charge is -2.23. The van der Waals surface area contributed by atoms with Crippen molar-refractivity contribution in [1.82, 2.24) is 5.32 Å². The highest BCUT2D eigenvalue weighted by molar-refractivity contribution is 5.96. The van der Waals surface area contributed by atoms with Gasteiger partial charge in [-0.2, -0.15) is 0 Å². The number of carbonyl (C=O) groups is 2. The summed E-state index contributed by atoms with van der Waals surface area (Å²) in [7, 11) is 1.57. The van der Waals surface area contributed by atoms with E-state index in [4.69, 9.17) is 4.74 Å². The van der Waals surface area contributed by atoms with E-state index in [1.165, 1.54) is 0 Å². The van der Waals surface area contributed by atoms with Crippen LogP contribution in [-0.4, -0.2) is 30.1 Å². The number of ether oxygens (including phenoxy) is 1. The number of hydrogen-bond acceptors (Lipinski definition) is 4. The summed E-state index contributed by atoms with van der Waals surface area (Å²) in [6.45, 7) is 1.91. The molecule has 0 aromatic heterocycles. The molecular weight excluding hydrogens is 332 g/mol. The zero-order valence-corrected chi connectivity index (χ0v) is 14.9. The Kier molecular flexibility index (Phi) is 7.17. The fourth-order valence-corrected chi connectivity index (χ4v) is 2.63. The van der Waals surface area contributed by atoms with Crippen LogP contribution in [0, 0.1) is 0 Å². The van der Waals surface area contributed by atoms with E-state index >= 15 is 0 Å². The Hall–Kier alpha value is -2.86. The van der Waals surface area contributed by atoms with Crippen LogP contribution in [0.15, 0.2) is 54.6 Å². The van der Waals surface area contributed by atoms with Gasteiger partial charge in [-0.25, -0.2) is 0 Å². The van der Waals surface area contributed by atoms with Crippen molar-refractivity contribution in [3.05, 3.63) is 60.2 Å². The quantitative estimate of drug-likeness (QED) is 0.642. The highest BCUT2D eigenvalue weighted by Gasteiger charge is 2.27. The first-order valence-electron chi connectivity index (χ1n) is 8.54. The van der Waals surface area contributed by atoms with Gasteiger partial charge < -0.3 is 15.2 Å². The number of carbonyl (C=O) groups excluding carboxylic acids is 1. The maximum atomic E-state index is 12.8. The number of methoxy groups -OCH3 is 1. The third-order valence-corrected chi connectivity index (χ3v) is 4.00. The maximum Gasteiger partial charge on any atom is 0.320 e. The molecule has 2 aromatic rings. The molecule has 0 aliphatic heterocycles. The van der Waals surface area contributed by atoms with E-state index in [9.17, 15) is 14.7 Å². The average molecular weight is 356 g/mol. The van der Waals surface area contributed by atoms with Crippen molar-refractivity contribution in [2.24, 2.45) is 0 Å². The van der Waals surface area contributed by atoms with Gasteiger partial charge in [0.1, 0.15) is 17.8 Å². The first kappa shape index (κ1) is 19.5. The van der Waals surface area contributed by atoms with Crippen LogP contribution in [0.5, 0.6) is 5.75 Å². The minimum Gasteiger partial charge on any atom is -0.497 e. The van der Waals surface area contributed by atoms with Crippen LogP contribution in [0.3, 0.4) is 0 Å². The predicted molar refractivity (Wildman–Crippen MR) is 100 cm³/mol. The van der Waals surface area contributed by atoms with Crippen molar-refractivity contribution in [1.29, 1.82) is 0 Å². The summed E-state index contributed by atoms with van der Waals surface area (Å²) in [5, 5.41) is 15.2. The van der Waals surface area contributed by atoms with Crippen molar-refractivity contribution in [2.75, 3.05) is 12.4 Å². The van der Waals surface area contributed by atoms with E-state index in [1.807, 2.05) is 25.1 Å². The van der Waals surface area contributed by atoms with Gasteiger partial charge >= 0.3 is 5.97 Å².